The van der Waals surface area contributed by atoms with Gasteiger partial charge in [0, 0.05) is 25.4 Å². The van der Waals surface area contributed by atoms with Crippen LogP contribution >= 0.6 is 11.6 Å². The fourth-order valence-corrected chi connectivity index (χ4v) is 1.69. The average molecular weight is 252 g/mol. The van der Waals surface area contributed by atoms with E-state index < -0.39 is 0 Å². The molecule has 0 aliphatic heterocycles. The van der Waals surface area contributed by atoms with Crippen molar-refractivity contribution in [1.29, 1.82) is 0 Å². The van der Waals surface area contributed by atoms with E-state index in [0.717, 1.165) is 17.9 Å². The number of nitrogens with one attached hydrogen (secondary N) is 1. The van der Waals surface area contributed by atoms with Crippen LogP contribution in [0.1, 0.15) is 12.5 Å². The van der Waals surface area contributed by atoms with Crippen LogP contribution in [0.2, 0.25) is 5.02 Å². The molecule has 1 aromatic heterocycles. The van der Waals surface area contributed by atoms with Crippen molar-refractivity contribution in [3.05, 3.63) is 41.0 Å². The molecular formula is C12H14ClN3O. The van der Waals surface area contributed by atoms with Crippen LogP contribution in [0.15, 0.2) is 30.5 Å². The van der Waals surface area contributed by atoms with Crippen molar-refractivity contribution in [3.8, 4) is 5.75 Å². The number of rotatable bonds is 4. The van der Waals surface area contributed by atoms with E-state index in [1.807, 2.05) is 29.9 Å². The van der Waals surface area contributed by atoms with Gasteiger partial charge in [0.25, 0.3) is 0 Å². The third kappa shape index (κ3) is 2.91. The molecule has 0 amide bonds. The van der Waals surface area contributed by atoms with Gasteiger partial charge in [-0.05, 0) is 24.6 Å². The van der Waals surface area contributed by atoms with Gasteiger partial charge in [0.05, 0.1) is 5.02 Å². The molecule has 1 aromatic carbocycles. The lowest BCUT2D eigenvalue weighted by atomic mass is 10.2. The number of hydrogen-bond acceptors (Lipinski definition) is 3. The number of phenols is 1. The summed E-state index contributed by atoms with van der Waals surface area (Å²) in [6.45, 7) is 3.52. The molecule has 0 unspecified atom stereocenters. The number of aromatic hydroxyl groups is 1. The normalized spacial score (nSPS) is 10.5. The van der Waals surface area contributed by atoms with E-state index in [9.17, 15) is 5.11 Å². The molecule has 0 radical (unpaired) electrons. The van der Waals surface area contributed by atoms with Crippen LogP contribution in [-0.4, -0.2) is 14.9 Å². The molecule has 1 heterocycles. The summed E-state index contributed by atoms with van der Waals surface area (Å²) in [6.07, 6.45) is 1.92. The van der Waals surface area contributed by atoms with Crippen LogP contribution in [0.3, 0.4) is 0 Å². The van der Waals surface area contributed by atoms with E-state index in [4.69, 9.17) is 11.6 Å². The first-order valence-corrected chi connectivity index (χ1v) is 5.81. The summed E-state index contributed by atoms with van der Waals surface area (Å²) >= 11 is 5.82. The Hall–Kier alpha value is -1.68. The van der Waals surface area contributed by atoms with Gasteiger partial charge < -0.3 is 10.4 Å². The van der Waals surface area contributed by atoms with Gasteiger partial charge in [-0.15, -0.1) is 0 Å². The second kappa shape index (κ2) is 5.10. The second-order valence-electron chi connectivity index (χ2n) is 3.70. The van der Waals surface area contributed by atoms with Gasteiger partial charge in [-0.3, -0.25) is 4.68 Å². The Bertz CT molecular complexity index is 510. The summed E-state index contributed by atoms with van der Waals surface area (Å²) in [7, 11) is 0. The summed E-state index contributed by atoms with van der Waals surface area (Å²) in [5, 5.41) is 17.2. The van der Waals surface area contributed by atoms with Crippen LogP contribution in [0, 0.1) is 0 Å². The molecule has 0 fully saturated rings. The quantitative estimate of drug-likeness (QED) is 0.879. The Kier molecular flexibility index (Phi) is 3.54. The molecule has 2 aromatic rings. The maximum atomic E-state index is 9.30. The second-order valence-corrected chi connectivity index (χ2v) is 4.10. The van der Waals surface area contributed by atoms with Gasteiger partial charge in [0.1, 0.15) is 11.6 Å². The molecule has 0 saturated heterocycles. The summed E-state index contributed by atoms with van der Waals surface area (Å²) < 4.78 is 1.85. The lowest BCUT2D eigenvalue weighted by Crippen LogP contribution is -2.01. The first-order valence-electron chi connectivity index (χ1n) is 5.43. The maximum Gasteiger partial charge on any atom is 0.148 e. The van der Waals surface area contributed by atoms with E-state index in [2.05, 4.69) is 10.4 Å². The third-order valence-corrected chi connectivity index (χ3v) is 2.75. The van der Waals surface area contributed by atoms with Crippen LogP contribution in [0.5, 0.6) is 5.75 Å². The number of aromatic nitrogens is 2. The van der Waals surface area contributed by atoms with E-state index >= 15 is 0 Å². The molecule has 0 atom stereocenters. The Morgan fingerprint density at radius 2 is 2.24 bits per heavy atom. The van der Waals surface area contributed by atoms with Gasteiger partial charge in [-0.1, -0.05) is 17.7 Å². The highest BCUT2D eigenvalue weighted by molar-refractivity contribution is 6.32. The predicted octanol–water partition coefficient (Wildman–Crippen LogP) is 2.87. The van der Waals surface area contributed by atoms with Crippen LogP contribution in [-0.2, 0) is 13.1 Å². The van der Waals surface area contributed by atoms with Gasteiger partial charge in [-0.25, -0.2) is 0 Å². The molecular weight excluding hydrogens is 238 g/mol. The zero-order valence-corrected chi connectivity index (χ0v) is 10.3. The molecule has 4 nitrogen and oxygen atoms in total. The number of phenolic OH excluding ortho intramolecular Hbond substituents is 1. The standard InChI is InChI=1S/C12H14ClN3O/c1-2-16-6-5-12(15-16)14-8-9-3-4-11(17)10(13)7-9/h3-7,17H,2,8H2,1H3,(H,14,15). The monoisotopic (exact) mass is 251 g/mol. The van der Waals surface area contributed by atoms with Crippen molar-refractivity contribution >= 4 is 17.4 Å². The molecule has 2 rings (SSSR count). The highest BCUT2D eigenvalue weighted by Crippen LogP contribution is 2.23. The smallest absolute Gasteiger partial charge is 0.148 e. The SMILES string of the molecule is CCn1ccc(NCc2ccc(O)c(Cl)c2)n1. The zero-order chi connectivity index (χ0) is 12.3. The van der Waals surface area contributed by atoms with Gasteiger partial charge in [0.15, 0.2) is 0 Å². The molecule has 17 heavy (non-hydrogen) atoms. The minimum absolute atomic E-state index is 0.102. The molecule has 5 heteroatoms. The first kappa shape index (κ1) is 11.8. The Morgan fingerprint density at radius 1 is 1.41 bits per heavy atom. The molecule has 0 bridgehead atoms. The zero-order valence-electron chi connectivity index (χ0n) is 9.52. The fourth-order valence-electron chi connectivity index (χ4n) is 1.49. The third-order valence-electron chi connectivity index (χ3n) is 2.45. The Balaban J connectivity index is 1.99. The van der Waals surface area contributed by atoms with Gasteiger partial charge in [-0.2, -0.15) is 5.10 Å². The van der Waals surface area contributed by atoms with Crippen LogP contribution in [0.4, 0.5) is 5.82 Å². The molecule has 2 N–H and O–H groups in total. The van der Waals surface area contributed by atoms with Crippen molar-refractivity contribution in [2.45, 2.75) is 20.0 Å². The number of aryl methyl sites for hydroxylation is 1. The van der Waals surface area contributed by atoms with E-state index in [-0.39, 0.29) is 5.75 Å². The van der Waals surface area contributed by atoms with Crippen molar-refractivity contribution in [1.82, 2.24) is 9.78 Å². The average Bonchev–Trinajstić information content (AvgIpc) is 2.79. The number of hydrogen-bond donors (Lipinski definition) is 2. The van der Waals surface area contributed by atoms with Crippen molar-refractivity contribution in [2.75, 3.05) is 5.32 Å². The Labute approximate surface area is 105 Å². The number of halogens is 1. The summed E-state index contributed by atoms with van der Waals surface area (Å²) in [5.41, 5.74) is 0.999. The lowest BCUT2D eigenvalue weighted by Gasteiger charge is -2.04. The van der Waals surface area contributed by atoms with Crippen LogP contribution < -0.4 is 5.32 Å². The van der Waals surface area contributed by atoms with E-state index in [1.54, 1.807) is 12.1 Å². The van der Waals surface area contributed by atoms with Gasteiger partial charge in [0.2, 0.25) is 0 Å². The molecule has 0 spiro atoms. The maximum absolute atomic E-state index is 9.30. The lowest BCUT2D eigenvalue weighted by molar-refractivity contribution is 0.475. The minimum Gasteiger partial charge on any atom is -0.506 e. The van der Waals surface area contributed by atoms with Crippen molar-refractivity contribution in [3.63, 3.8) is 0 Å². The highest BCUT2D eigenvalue weighted by Gasteiger charge is 2.01. The first-order chi connectivity index (χ1) is 8.19. The number of benzene rings is 1. The summed E-state index contributed by atoms with van der Waals surface area (Å²) in [4.78, 5) is 0. The van der Waals surface area contributed by atoms with E-state index in [1.165, 1.54) is 0 Å². The number of nitrogens with zero attached hydrogens (tertiary/aromatic N) is 2. The van der Waals surface area contributed by atoms with Gasteiger partial charge >= 0.3 is 0 Å². The topological polar surface area (TPSA) is 50.1 Å². The highest BCUT2D eigenvalue weighted by atomic mass is 35.5. The largest absolute Gasteiger partial charge is 0.506 e. The summed E-state index contributed by atoms with van der Waals surface area (Å²) in [6, 6.07) is 7.07. The van der Waals surface area contributed by atoms with Crippen molar-refractivity contribution < 1.29 is 5.11 Å². The molecule has 0 aliphatic rings. The van der Waals surface area contributed by atoms with Crippen molar-refractivity contribution in [2.24, 2.45) is 0 Å². The summed E-state index contributed by atoms with van der Waals surface area (Å²) in [5.74, 6) is 0.932. The fraction of sp³-hybridized carbons (Fsp3) is 0.250. The predicted molar refractivity (Wildman–Crippen MR) is 68.3 cm³/mol. The minimum atomic E-state index is 0.102. The molecule has 90 valence electrons. The number of anilines is 1. The van der Waals surface area contributed by atoms with Crippen LogP contribution in [0.25, 0.3) is 0 Å². The molecule has 0 aliphatic carbocycles. The van der Waals surface area contributed by atoms with E-state index in [0.29, 0.717) is 11.6 Å². The Morgan fingerprint density at radius 3 is 2.88 bits per heavy atom. The molecule has 0 saturated carbocycles.